The molecule has 0 amide bonds. The van der Waals surface area contributed by atoms with Crippen LogP contribution in [0.25, 0.3) is 0 Å². The van der Waals surface area contributed by atoms with Crippen molar-refractivity contribution in [2.24, 2.45) is 0 Å². The fourth-order valence-corrected chi connectivity index (χ4v) is 4.72. The molecule has 2 aromatic carbocycles. The van der Waals surface area contributed by atoms with E-state index in [1.54, 1.807) is 38.1 Å². The lowest BCUT2D eigenvalue weighted by Gasteiger charge is -2.41. The van der Waals surface area contributed by atoms with Gasteiger partial charge in [0.1, 0.15) is 53.5 Å². The van der Waals surface area contributed by atoms with Gasteiger partial charge >= 0.3 is 0 Å². The summed E-state index contributed by atoms with van der Waals surface area (Å²) in [5, 5.41) is 51.0. The molecule has 5 rings (SSSR count). The van der Waals surface area contributed by atoms with Crippen LogP contribution in [0.4, 0.5) is 0 Å². The second-order valence-electron chi connectivity index (χ2n) is 8.52. The molecule has 9 nitrogen and oxygen atoms in total. The van der Waals surface area contributed by atoms with Crippen LogP contribution in [0.5, 0.6) is 23.0 Å². The summed E-state index contributed by atoms with van der Waals surface area (Å²) in [6.45, 7) is 2.94. The van der Waals surface area contributed by atoms with Crippen molar-refractivity contribution in [3.05, 3.63) is 46.5 Å². The van der Waals surface area contributed by atoms with Gasteiger partial charge in [0, 0.05) is 17.5 Å². The number of phenols is 2. The lowest BCUT2D eigenvalue weighted by Crippen LogP contribution is -2.60. The van der Waals surface area contributed by atoms with E-state index in [-0.39, 0.29) is 11.5 Å². The van der Waals surface area contributed by atoms with E-state index in [9.17, 15) is 25.5 Å². The molecule has 32 heavy (non-hydrogen) atoms. The summed E-state index contributed by atoms with van der Waals surface area (Å²) in [6.07, 6.45) is -6.55. The zero-order valence-electron chi connectivity index (χ0n) is 17.6. The zero-order valence-corrected chi connectivity index (χ0v) is 17.6. The topological polar surface area (TPSA) is 138 Å². The van der Waals surface area contributed by atoms with E-state index in [4.69, 9.17) is 18.9 Å². The normalized spacial score (nSPS) is 33.3. The van der Waals surface area contributed by atoms with Gasteiger partial charge in [-0.1, -0.05) is 12.1 Å². The Labute approximate surface area is 184 Å². The number of rotatable bonds is 2. The van der Waals surface area contributed by atoms with Crippen LogP contribution in [0.3, 0.4) is 0 Å². The molecule has 5 N–H and O–H groups in total. The average Bonchev–Trinajstić information content (AvgIpc) is 2.96. The first-order valence-corrected chi connectivity index (χ1v) is 10.6. The molecule has 172 valence electrons. The van der Waals surface area contributed by atoms with Crippen molar-refractivity contribution in [3.8, 4) is 23.0 Å². The van der Waals surface area contributed by atoms with Gasteiger partial charge in [0.2, 0.25) is 6.29 Å². The van der Waals surface area contributed by atoms with Crippen LogP contribution < -0.4 is 9.47 Å². The smallest absolute Gasteiger partial charge is 0.229 e. The highest BCUT2D eigenvalue weighted by Crippen LogP contribution is 2.55. The third kappa shape index (κ3) is 3.20. The Bertz CT molecular complexity index is 1020. The number of fused-ring (bicyclic) bond motifs is 1. The van der Waals surface area contributed by atoms with Crippen LogP contribution in [0.1, 0.15) is 40.9 Å². The van der Waals surface area contributed by atoms with Gasteiger partial charge in [-0.3, -0.25) is 0 Å². The highest BCUT2D eigenvalue weighted by atomic mass is 16.7. The van der Waals surface area contributed by atoms with Crippen LogP contribution in [0, 0.1) is 13.8 Å². The van der Waals surface area contributed by atoms with Crippen molar-refractivity contribution in [1.29, 1.82) is 0 Å². The number of aromatic hydroxyl groups is 2. The zero-order chi connectivity index (χ0) is 22.7. The summed E-state index contributed by atoms with van der Waals surface area (Å²) in [4.78, 5) is 0. The maximum absolute atomic E-state index is 10.8. The van der Waals surface area contributed by atoms with Gasteiger partial charge in [0.25, 0.3) is 0 Å². The Morgan fingerprint density at radius 3 is 2.19 bits per heavy atom. The number of hydrogen-bond donors (Lipinski definition) is 5. The summed E-state index contributed by atoms with van der Waals surface area (Å²) in [7, 11) is 0. The highest BCUT2D eigenvalue weighted by molar-refractivity contribution is 5.63. The highest BCUT2D eigenvalue weighted by Gasteiger charge is 2.51. The number of ether oxygens (including phenoxy) is 4. The Balaban J connectivity index is 1.61. The number of hydrogen-bond acceptors (Lipinski definition) is 9. The van der Waals surface area contributed by atoms with Crippen LogP contribution in [-0.2, 0) is 9.47 Å². The second-order valence-corrected chi connectivity index (χ2v) is 8.52. The quantitative estimate of drug-likeness (QED) is 0.464. The summed E-state index contributed by atoms with van der Waals surface area (Å²) in [6, 6.07) is 6.63. The molecule has 1 saturated heterocycles. The summed E-state index contributed by atoms with van der Waals surface area (Å²) in [5.41, 5.74) is 2.42. The third-order valence-electron chi connectivity index (χ3n) is 6.54. The van der Waals surface area contributed by atoms with Crippen molar-refractivity contribution in [1.82, 2.24) is 0 Å². The minimum atomic E-state index is -1.35. The van der Waals surface area contributed by atoms with Gasteiger partial charge in [-0.15, -0.1) is 0 Å². The van der Waals surface area contributed by atoms with Gasteiger partial charge in [-0.2, -0.15) is 0 Å². The molecule has 3 heterocycles. The van der Waals surface area contributed by atoms with E-state index < -0.39 is 49.5 Å². The van der Waals surface area contributed by atoms with Gasteiger partial charge in [0.15, 0.2) is 0 Å². The van der Waals surface area contributed by atoms with Crippen molar-refractivity contribution in [2.75, 3.05) is 6.61 Å². The largest absolute Gasteiger partial charge is 0.508 e. The average molecular weight is 446 g/mol. The minimum Gasteiger partial charge on any atom is -0.508 e. The molecular weight excluding hydrogens is 420 g/mol. The van der Waals surface area contributed by atoms with Gasteiger partial charge in [0.05, 0.1) is 18.3 Å². The predicted octanol–water partition coefficient (Wildman–Crippen LogP) is 1.50. The predicted molar refractivity (Wildman–Crippen MR) is 110 cm³/mol. The number of benzene rings is 2. The Morgan fingerprint density at radius 1 is 0.875 bits per heavy atom. The second kappa shape index (κ2) is 7.79. The van der Waals surface area contributed by atoms with Crippen molar-refractivity contribution < 1.29 is 44.5 Å². The van der Waals surface area contributed by atoms with Crippen molar-refractivity contribution in [3.63, 3.8) is 0 Å². The summed E-state index contributed by atoms with van der Waals surface area (Å²) in [5.74, 6) is 0.904. The molecule has 0 spiro atoms. The number of aliphatic hydroxyl groups is 3. The monoisotopic (exact) mass is 446 g/mol. The first-order chi connectivity index (χ1) is 15.3. The SMILES string of the molecule is Cc1c(O)c(C)c2c3c1O[C@H]1O[C@H](CO)[C@H](O)[C@H](O)[C@H]1O[C@H]3C[C@@H](c1ccc(O)cc1)O2. The summed E-state index contributed by atoms with van der Waals surface area (Å²) < 4.78 is 24.3. The van der Waals surface area contributed by atoms with Gasteiger partial charge in [-0.05, 0) is 31.5 Å². The summed E-state index contributed by atoms with van der Waals surface area (Å²) >= 11 is 0. The maximum Gasteiger partial charge on any atom is 0.229 e. The van der Waals surface area contributed by atoms with Crippen molar-refractivity contribution in [2.45, 2.75) is 63.2 Å². The van der Waals surface area contributed by atoms with Gasteiger partial charge < -0.3 is 44.5 Å². The molecule has 7 atom stereocenters. The standard InChI is InChI=1S/C23H26O9/c1-9-17(26)10(2)21-16-14(7-13(29-20(9)16)11-3-5-12(25)6-4-11)30-22-19(28)18(27)15(8-24)31-23(22)32-21/h3-6,13-15,18-19,22-28H,7-8H2,1-2H3/t13-,14-,15+,18-,19-,22+,23+/m0/s1. The maximum atomic E-state index is 10.8. The molecule has 0 saturated carbocycles. The van der Waals surface area contributed by atoms with E-state index in [2.05, 4.69) is 0 Å². The van der Waals surface area contributed by atoms with Crippen LogP contribution in [-0.4, -0.2) is 62.8 Å². The molecule has 0 bridgehead atoms. The molecule has 0 unspecified atom stereocenters. The molecule has 3 aliphatic heterocycles. The molecule has 3 aliphatic rings. The van der Waals surface area contributed by atoms with E-state index >= 15 is 0 Å². The third-order valence-corrected chi connectivity index (χ3v) is 6.54. The number of phenolic OH excluding ortho intramolecular Hbond substituents is 2. The first-order valence-electron chi connectivity index (χ1n) is 10.6. The minimum absolute atomic E-state index is 0.0115. The van der Waals surface area contributed by atoms with E-state index in [0.29, 0.717) is 34.6 Å². The molecule has 0 radical (unpaired) electrons. The molecule has 9 heteroatoms. The lowest BCUT2D eigenvalue weighted by molar-refractivity contribution is -0.292. The Kier molecular flexibility index (Phi) is 5.18. The molecule has 0 aliphatic carbocycles. The van der Waals surface area contributed by atoms with E-state index in [1.807, 2.05) is 0 Å². The lowest BCUT2D eigenvalue weighted by atomic mass is 9.90. The fraction of sp³-hybridized carbons (Fsp3) is 0.478. The Hall–Kier alpha value is -2.56. The van der Waals surface area contributed by atoms with E-state index in [1.165, 1.54) is 0 Å². The Morgan fingerprint density at radius 2 is 1.53 bits per heavy atom. The molecule has 0 aromatic heterocycles. The molecular formula is C23H26O9. The number of aliphatic hydroxyl groups excluding tert-OH is 3. The van der Waals surface area contributed by atoms with Crippen LogP contribution in [0.15, 0.2) is 24.3 Å². The van der Waals surface area contributed by atoms with E-state index in [0.717, 1.165) is 5.56 Å². The van der Waals surface area contributed by atoms with Crippen LogP contribution in [0.2, 0.25) is 0 Å². The van der Waals surface area contributed by atoms with Gasteiger partial charge in [-0.25, -0.2) is 0 Å². The van der Waals surface area contributed by atoms with Crippen molar-refractivity contribution >= 4 is 0 Å². The molecule has 1 fully saturated rings. The fourth-order valence-electron chi connectivity index (χ4n) is 4.72. The first kappa shape index (κ1) is 21.3. The molecule has 2 aromatic rings. The van der Waals surface area contributed by atoms with Crippen LogP contribution >= 0.6 is 0 Å².